The van der Waals surface area contributed by atoms with Gasteiger partial charge in [-0.05, 0) is 63.3 Å². The van der Waals surface area contributed by atoms with Gasteiger partial charge in [0, 0.05) is 16.2 Å². The Hall–Kier alpha value is -1.00. The minimum Gasteiger partial charge on any atom is -0.368 e. The summed E-state index contributed by atoms with van der Waals surface area (Å²) in [5.41, 5.74) is 7.63. The highest BCUT2D eigenvalue weighted by Gasteiger charge is 2.38. The van der Waals surface area contributed by atoms with Crippen molar-refractivity contribution in [2.24, 2.45) is 5.73 Å². The highest BCUT2D eigenvalue weighted by atomic mass is 32.2. The highest BCUT2D eigenvalue weighted by molar-refractivity contribution is 7.99. The van der Waals surface area contributed by atoms with Crippen molar-refractivity contribution in [3.05, 3.63) is 29.3 Å². The summed E-state index contributed by atoms with van der Waals surface area (Å²) in [6.45, 7) is 8.35. The maximum Gasteiger partial charge on any atom is 0.237 e. The van der Waals surface area contributed by atoms with Gasteiger partial charge in [0.25, 0.3) is 0 Å². The van der Waals surface area contributed by atoms with Crippen LogP contribution in [0.25, 0.3) is 0 Å². The van der Waals surface area contributed by atoms with Gasteiger partial charge in [-0.2, -0.15) is 0 Å². The van der Waals surface area contributed by atoms with Gasteiger partial charge in [-0.25, -0.2) is 0 Å². The van der Waals surface area contributed by atoms with Gasteiger partial charge in [-0.15, -0.1) is 11.8 Å². The fourth-order valence-corrected chi connectivity index (χ4v) is 3.82. The molecule has 0 radical (unpaired) electrons. The predicted molar refractivity (Wildman–Crippen MR) is 89.6 cm³/mol. The van der Waals surface area contributed by atoms with E-state index in [-0.39, 0.29) is 5.91 Å². The van der Waals surface area contributed by atoms with Gasteiger partial charge < -0.3 is 11.1 Å². The van der Waals surface area contributed by atoms with Crippen LogP contribution < -0.4 is 11.1 Å². The number of nitrogens with two attached hydrogens (primary N) is 1. The number of aryl methyl sites for hydroxylation is 2. The van der Waals surface area contributed by atoms with Crippen molar-refractivity contribution in [3.8, 4) is 0 Å². The van der Waals surface area contributed by atoms with E-state index in [0.29, 0.717) is 11.3 Å². The zero-order valence-corrected chi connectivity index (χ0v) is 14.2. The zero-order chi connectivity index (χ0) is 15.6. The quantitative estimate of drug-likeness (QED) is 0.761. The van der Waals surface area contributed by atoms with Crippen LogP contribution in [0.4, 0.5) is 0 Å². The summed E-state index contributed by atoms with van der Waals surface area (Å²) in [4.78, 5) is 13.1. The first-order valence-electron chi connectivity index (χ1n) is 7.61. The second-order valence-electron chi connectivity index (χ2n) is 6.49. The zero-order valence-electron chi connectivity index (χ0n) is 13.4. The van der Waals surface area contributed by atoms with Gasteiger partial charge in [-0.3, -0.25) is 4.79 Å². The van der Waals surface area contributed by atoms with Crippen LogP contribution in [-0.4, -0.2) is 22.7 Å². The molecule has 2 unspecified atom stereocenters. The number of carbonyl (C=O) groups excluding carboxylic acids is 1. The Morgan fingerprint density at radius 1 is 1.43 bits per heavy atom. The Morgan fingerprint density at radius 3 is 2.62 bits per heavy atom. The molecule has 0 heterocycles. The summed E-state index contributed by atoms with van der Waals surface area (Å²) in [7, 11) is 0. The Bertz CT molecular complexity index is 528. The van der Waals surface area contributed by atoms with Gasteiger partial charge in [0.15, 0.2) is 0 Å². The Kier molecular flexibility index (Phi) is 4.99. The minimum atomic E-state index is -0.604. The number of primary amides is 1. The van der Waals surface area contributed by atoms with Crippen LogP contribution >= 0.6 is 11.8 Å². The number of nitrogens with one attached hydrogen (secondary N) is 1. The highest BCUT2D eigenvalue weighted by Crippen LogP contribution is 2.32. The third kappa shape index (κ3) is 4.48. The molecule has 2 rings (SSSR count). The number of rotatable bonds is 7. The average Bonchev–Trinajstić information content (AvgIpc) is 3.17. The lowest BCUT2D eigenvalue weighted by Crippen LogP contribution is -2.55. The normalized spacial score (nSPS) is 19.0. The summed E-state index contributed by atoms with van der Waals surface area (Å²) < 4.78 is 0. The van der Waals surface area contributed by atoms with Crippen LogP contribution in [0.3, 0.4) is 0 Å². The second-order valence-corrected chi connectivity index (χ2v) is 8.01. The molecule has 1 aliphatic carbocycles. The van der Waals surface area contributed by atoms with E-state index >= 15 is 0 Å². The summed E-state index contributed by atoms with van der Waals surface area (Å²) >= 11 is 1.81. The summed E-state index contributed by atoms with van der Waals surface area (Å²) in [5.74, 6) is -0.248. The van der Waals surface area contributed by atoms with E-state index in [0.717, 1.165) is 19.3 Å². The van der Waals surface area contributed by atoms with Crippen molar-refractivity contribution in [1.29, 1.82) is 0 Å². The Morgan fingerprint density at radius 2 is 2.10 bits per heavy atom. The van der Waals surface area contributed by atoms with Gasteiger partial charge in [0.1, 0.15) is 0 Å². The van der Waals surface area contributed by atoms with E-state index in [1.165, 1.54) is 16.0 Å². The lowest BCUT2D eigenvalue weighted by molar-refractivity contribution is -0.124. The number of carbonyl (C=O) groups is 1. The molecule has 1 aliphatic rings. The molecule has 0 saturated heterocycles. The third-order valence-corrected chi connectivity index (χ3v) is 5.25. The fourth-order valence-electron chi connectivity index (χ4n) is 2.54. The summed E-state index contributed by atoms with van der Waals surface area (Å²) in [5, 5.41) is 3.75. The van der Waals surface area contributed by atoms with Gasteiger partial charge >= 0.3 is 0 Å². The van der Waals surface area contributed by atoms with Crippen molar-refractivity contribution in [3.63, 3.8) is 0 Å². The lowest BCUT2D eigenvalue weighted by atomic mass is 9.95. The van der Waals surface area contributed by atoms with E-state index < -0.39 is 5.54 Å². The molecule has 1 aromatic carbocycles. The van der Waals surface area contributed by atoms with Gasteiger partial charge in [0.2, 0.25) is 5.91 Å². The van der Waals surface area contributed by atoms with E-state index in [9.17, 15) is 4.79 Å². The minimum absolute atomic E-state index is 0.248. The van der Waals surface area contributed by atoms with Crippen molar-refractivity contribution >= 4 is 17.7 Å². The SMILES string of the molecule is Cc1ccc(SC(C)CC(C)(NC2CC2)C(N)=O)cc1C. The Balaban J connectivity index is 1.99. The summed E-state index contributed by atoms with van der Waals surface area (Å²) in [6.07, 6.45) is 3.06. The number of benzene rings is 1. The number of hydrogen-bond donors (Lipinski definition) is 2. The van der Waals surface area contributed by atoms with Crippen molar-refractivity contribution in [1.82, 2.24) is 5.32 Å². The first-order chi connectivity index (χ1) is 9.80. The van der Waals surface area contributed by atoms with Crippen LogP contribution in [0.1, 0.15) is 44.2 Å². The maximum atomic E-state index is 11.8. The van der Waals surface area contributed by atoms with Gasteiger partial charge in [0.05, 0.1) is 5.54 Å². The molecule has 1 saturated carbocycles. The van der Waals surface area contributed by atoms with Crippen LogP contribution in [0.2, 0.25) is 0 Å². The molecule has 3 N–H and O–H groups in total. The number of thioether (sulfide) groups is 1. The van der Waals surface area contributed by atoms with Gasteiger partial charge in [-0.1, -0.05) is 13.0 Å². The Labute approximate surface area is 132 Å². The molecule has 116 valence electrons. The number of amides is 1. The van der Waals surface area contributed by atoms with E-state index in [1.807, 2.05) is 18.7 Å². The standard InChI is InChI=1S/C17H26N2OS/c1-11-5-8-15(9-12(11)2)21-13(3)10-17(4,16(18)20)19-14-6-7-14/h5,8-9,13-14,19H,6-7,10H2,1-4H3,(H2,18,20). The molecule has 1 fully saturated rings. The molecular weight excluding hydrogens is 280 g/mol. The van der Waals surface area contributed by atoms with Crippen molar-refractivity contribution in [2.75, 3.05) is 0 Å². The van der Waals surface area contributed by atoms with E-state index in [2.05, 4.69) is 44.3 Å². The second kappa shape index (κ2) is 6.41. The van der Waals surface area contributed by atoms with E-state index in [4.69, 9.17) is 5.73 Å². The molecule has 3 nitrogen and oxygen atoms in total. The predicted octanol–water partition coefficient (Wildman–Crippen LogP) is 3.17. The average molecular weight is 306 g/mol. The molecule has 1 amide bonds. The first kappa shape index (κ1) is 16.4. The largest absolute Gasteiger partial charge is 0.368 e. The van der Waals surface area contributed by atoms with Crippen LogP contribution in [0, 0.1) is 13.8 Å². The molecule has 0 aromatic heterocycles. The molecule has 2 atom stereocenters. The lowest BCUT2D eigenvalue weighted by Gasteiger charge is -2.30. The maximum absolute atomic E-state index is 11.8. The summed E-state index contributed by atoms with van der Waals surface area (Å²) in [6, 6.07) is 6.99. The van der Waals surface area contributed by atoms with Crippen LogP contribution in [0.15, 0.2) is 23.1 Å². The molecule has 21 heavy (non-hydrogen) atoms. The molecular formula is C17H26N2OS. The smallest absolute Gasteiger partial charge is 0.237 e. The topological polar surface area (TPSA) is 55.1 Å². The molecule has 0 bridgehead atoms. The van der Waals surface area contributed by atoms with E-state index in [1.54, 1.807) is 0 Å². The fraction of sp³-hybridized carbons (Fsp3) is 0.588. The molecule has 1 aromatic rings. The molecule has 0 aliphatic heterocycles. The molecule has 4 heteroatoms. The number of hydrogen-bond acceptors (Lipinski definition) is 3. The molecule has 0 spiro atoms. The van der Waals surface area contributed by atoms with Crippen molar-refractivity contribution < 1.29 is 4.79 Å². The monoisotopic (exact) mass is 306 g/mol. The van der Waals surface area contributed by atoms with Crippen molar-refractivity contribution in [2.45, 2.75) is 68.7 Å². The van der Waals surface area contributed by atoms with Crippen LogP contribution in [-0.2, 0) is 4.79 Å². The third-order valence-electron chi connectivity index (χ3n) is 4.16. The first-order valence-corrected chi connectivity index (χ1v) is 8.49. The van der Waals surface area contributed by atoms with Crippen LogP contribution in [0.5, 0.6) is 0 Å².